The Balaban J connectivity index is 0.741. The van der Waals surface area contributed by atoms with Gasteiger partial charge in [-0.3, -0.25) is 43.8 Å². The first kappa shape index (κ1) is 35.6. The third-order valence-electron chi connectivity index (χ3n) is 13.0. The van der Waals surface area contributed by atoms with E-state index in [9.17, 15) is 28.0 Å². The monoisotopic (exact) mass is 776 g/mol. The molecule has 1 atom stereocenters. The van der Waals surface area contributed by atoms with Gasteiger partial charge < -0.3 is 9.80 Å². The molecule has 3 aromatic heterocycles. The van der Waals surface area contributed by atoms with Gasteiger partial charge in [-0.05, 0) is 79.5 Å². The van der Waals surface area contributed by atoms with Crippen molar-refractivity contribution >= 4 is 56.9 Å². The molecular formula is C42H39F3N8O4. The number of benzene rings is 2. The van der Waals surface area contributed by atoms with Crippen molar-refractivity contribution in [1.29, 1.82) is 0 Å². The normalized spacial score (nSPS) is 21.6. The van der Waals surface area contributed by atoms with Crippen molar-refractivity contribution in [3.63, 3.8) is 0 Å². The fraction of sp³-hybridized carbons (Fsp3) is 0.381. The van der Waals surface area contributed by atoms with E-state index < -0.39 is 42.0 Å². The topological polar surface area (TPSA) is 124 Å². The van der Waals surface area contributed by atoms with Crippen LogP contribution < -0.4 is 15.1 Å². The van der Waals surface area contributed by atoms with Gasteiger partial charge in [0.25, 0.3) is 11.8 Å². The first-order chi connectivity index (χ1) is 27.6. The molecular weight excluding hydrogens is 738 g/mol. The van der Waals surface area contributed by atoms with Crippen LogP contribution >= 0.6 is 0 Å². The largest absolute Gasteiger partial charge is 0.369 e. The molecule has 292 valence electrons. The highest BCUT2D eigenvalue weighted by molar-refractivity contribution is 6.23. The summed E-state index contributed by atoms with van der Waals surface area (Å²) in [5.74, 6) is -2.15. The number of nitrogens with one attached hydrogen (secondary N) is 1. The van der Waals surface area contributed by atoms with Crippen LogP contribution in [0.15, 0.2) is 67.1 Å². The lowest BCUT2D eigenvalue weighted by Gasteiger charge is -2.56. The number of halogens is 3. The van der Waals surface area contributed by atoms with Crippen molar-refractivity contribution in [3.8, 4) is 11.1 Å². The van der Waals surface area contributed by atoms with E-state index in [1.165, 1.54) is 12.3 Å². The van der Waals surface area contributed by atoms with Gasteiger partial charge in [0.2, 0.25) is 11.8 Å². The quantitative estimate of drug-likeness (QED) is 0.215. The summed E-state index contributed by atoms with van der Waals surface area (Å²) in [5, 5.41) is 3.53. The standard InChI is InChI=1S/C42H39F3N8O4/c43-32-17-25(24-1-3-28-31-23-46-10-7-33(31)52(41(44)45)35(28)18-24)22-47-37(32)51-11-8-42(9-12-51)20-27(21-42)50-15-13-49(14-16-50)26-2-4-29-30(19-26)40(57)53(39(29)56)34-5-6-36(54)48-38(34)55/h1-4,7,10,17-19,22-23,27,34,41H,5-6,8-9,11-16,20-21H2,(H,48,54,55). The second-order valence-corrected chi connectivity index (χ2v) is 16.1. The van der Waals surface area contributed by atoms with Crippen LogP contribution in [0.5, 0.6) is 0 Å². The van der Waals surface area contributed by atoms with Crippen LogP contribution in [0.1, 0.15) is 65.8 Å². The molecule has 7 heterocycles. The smallest absolute Gasteiger partial charge is 0.319 e. The van der Waals surface area contributed by atoms with E-state index in [-0.39, 0.29) is 29.4 Å². The molecule has 57 heavy (non-hydrogen) atoms. The molecule has 15 heteroatoms. The molecule has 1 spiro atoms. The number of imide groups is 2. The fourth-order valence-corrected chi connectivity index (χ4v) is 9.90. The number of carbonyl (C=O) groups is 4. The Morgan fingerprint density at radius 2 is 1.54 bits per heavy atom. The van der Waals surface area contributed by atoms with E-state index in [0.717, 1.165) is 67.0 Å². The summed E-state index contributed by atoms with van der Waals surface area (Å²) in [7, 11) is 0. The molecule has 5 aromatic rings. The Bertz CT molecular complexity index is 2500. The zero-order chi connectivity index (χ0) is 39.2. The van der Waals surface area contributed by atoms with E-state index in [0.29, 0.717) is 57.9 Å². The van der Waals surface area contributed by atoms with Crippen molar-refractivity contribution in [3.05, 3.63) is 84.1 Å². The average Bonchev–Trinajstić information content (AvgIpc) is 3.67. The molecule has 5 aliphatic rings. The highest BCUT2D eigenvalue weighted by atomic mass is 19.3. The summed E-state index contributed by atoms with van der Waals surface area (Å²) in [6, 6.07) is 13.0. The molecule has 3 saturated heterocycles. The number of hydrogen-bond donors (Lipinski definition) is 1. The summed E-state index contributed by atoms with van der Waals surface area (Å²) in [6.07, 6.45) is 8.98. The maximum absolute atomic E-state index is 15.7. The maximum atomic E-state index is 15.7. The Morgan fingerprint density at radius 1 is 0.772 bits per heavy atom. The molecule has 4 aliphatic heterocycles. The number of hydrogen-bond acceptors (Lipinski definition) is 9. The van der Waals surface area contributed by atoms with Gasteiger partial charge in [-0.25, -0.2) is 9.37 Å². The van der Waals surface area contributed by atoms with Crippen molar-refractivity contribution < 1.29 is 32.3 Å². The Morgan fingerprint density at radius 3 is 2.28 bits per heavy atom. The van der Waals surface area contributed by atoms with Crippen LogP contribution in [0.3, 0.4) is 0 Å². The molecule has 4 fully saturated rings. The lowest BCUT2D eigenvalue weighted by atomic mass is 9.60. The minimum atomic E-state index is -2.74. The number of carbonyl (C=O) groups excluding carboxylic acids is 4. The number of amides is 4. The summed E-state index contributed by atoms with van der Waals surface area (Å²) in [6.45, 7) is 1.96. The SMILES string of the molecule is O=C1CCC(N2C(=O)c3ccc(N4CCN(C5CC6(CCN(c7ncc(-c8ccc9c%10cnccc%10n(C(F)F)c9c8)cc7F)CC6)C5)CC4)cc3C2=O)C(=O)N1. The number of fused-ring (bicyclic) bond motifs is 4. The Labute approximate surface area is 325 Å². The predicted molar refractivity (Wildman–Crippen MR) is 205 cm³/mol. The van der Waals surface area contributed by atoms with Crippen LogP contribution in [-0.4, -0.2) is 99.3 Å². The molecule has 4 amide bonds. The lowest BCUT2D eigenvalue weighted by Crippen LogP contribution is -2.59. The number of rotatable bonds is 6. The van der Waals surface area contributed by atoms with Gasteiger partial charge in [0.15, 0.2) is 11.6 Å². The second-order valence-electron chi connectivity index (χ2n) is 16.1. The average molecular weight is 777 g/mol. The lowest BCUT2D eigenvalue weighted by molar-refractivity contribution is -0.136. The molecule has 1 unspecified atom stereocenters. The number of piperidine rings is 2. The van der Waals surface area contributed by atoms with Gasteiger partial charge in [-0.15, -0.1) is 0 Å². The number of anilines is 2. The van der Waals surface area contributed by atoms with Crippen LogP contribution in [0.4, 0.5) is 24.7 Å². The molecule has 2 aromatic carbocycles. The van der Waals surface area contributed by atoms with Crippen molar-refractivity contribution in [2.75, 3.05) is 49.1 Å². The highest BCUT2D eigenvalue weighted by Crippen LogP contribution is 2.51. The van der Waals surface area contributed by atoms with Crippen molar-refractivity contribution in [1.82, 2.24) is 29.7 Å². The third-order valence-corrected chi connectivity index (χ3v) is 13.0. The second kappa shape index (κ2) is 13.4. The van der Waals surface area contributed by atoms with Crippen molar-refractivity contribution in [2.45, 2.75) is 57.2 Å². The number of alkyl halides is 2. The number of aromatic nitrogens is 3. The summed E-state index contributed by atoms with van der Waals surface area (Å²) >= 11 is 0. The van der Waals surface area contributed by atoms with E-state index in [1.54, 1.807) is 48.8 Å². The van der Waals surface area contributed by atoms with Gasteiger partial charge in [0, 0.05) is 92.3 Å². The molecule has 10 rings (SSSR count). The number of nitrogens with zero attached hydrogens (tertiary/aromatic N) is 7. The molecule has 1 N–H and O–H groups in total. The van der Waals surface area contributed by atoms with Crippen LogP contribution in [-0.2, 0) is 9.59 Å². The van der Waals surface area contributed by atoms with E-state index in [1.807, 2.05) is 11.0 Å². The Kier molecular flexibility index (Phi) is 8.36. The molecule has 0 radical (unpaired) electrons. The minimum absolute atomic E-state index is 0.0784. The van der Waals surface area contributed by atoms with E-state index >= 15 is 4.39 Å². The summed E-state index contributed by atoms with van der Waals surface area (Å²) in [4.78, 5) is 66.9. The van der Waals surface area contributed by atoms with E-state index in [2.05, 4.69) is 25.1 Å². The van der Waals surface area contributed by atoms with Crippen molar-refractivity contribution in [2.24, 2.45) is 5.41 Å². The zero-order valence-corrected chi connectivity index (χ0v) is 31.0. The minimum Gasteiger partial charge on any atom is -0.369 e. The van der Waals surface area contributed by atoms with Gasteiger partial charge in [-0.1, -0.05) is 12.1 Å². The Hall–Kier alpha value is -5.83. The molecule has 1 saturated carbocycles. The van der Waals surface area contributed by atoms with Gasteiger partial charge >= 0.3 is 6.55 Å². The van der Waals surface area contributed by atoms with Crippen LogP contribution in [0, 0.1) is 11.2 Å². The van der Waals surface area contributed by atoms with E-state index in [4.69, 9.17) is 0 Å². The van der Waals surface area contributed by atoms with Gasteiger partial charge in [0.1, 0.15) is 6.04 Å². The van der Waals surface area contributed by atoms with Crippen LogP contribution in [0.2, 0.25) is 0 Å². The first-order valence-corrected chi connectivity index (χ1v) is 19.5. The molecule has 0 bridgehead atoms. The number of pyridine rings is 2. The molecule has 12 nitrogen and oxygen atoms in total. The molecule has 1 aliphatic carbocycles. The summed E-state index contributed by atoms with van der Waals surface area (Å²) < 4.78 is 44.9. The van der Waals surface area contributed by atoms with Gasteiger partial charge in [0.05, 0.1) is 22.2 Å². The van der Waals surface area contributed by atoms with Crippen LogP contribution in [0.25, 0.3) is 32.9 Å². The van der Waals surface area contributed by atoms with Gasteiger partial charge in [-0.2, -0.15) is 8.78 Å². The maximum Gasteiger partial charge on any atom is 0.319 e. The predicted octanol–water partition coefficient (Wildman–Crippen LogP) is 5.76. The highest BCUT2D eigenvalue weighted by Gasteiger charge is 2.49. The summed E-state index contributed by atoms with van der Waals surface area (Å²) in [5.41, 5.74) is 3.53. The zero-order valence-electron chi connectivity index (χ0n) is 31.0. The third kappa shape index (κ3) is 5.84. The number of piperazine rings is 1. The first-order valence-electron chi connectivity index (χ1n) is 19.5. The fourth-order valence-electron chi connectivity index (χ4n) is 9.90.